The number of rotatable bonds is 5. The lowest BCUT2D eigenvalue weighted by atomic mass is 9.90. The van der Waals surface area contributed by atoms with E-state index in [1.54, 1.807) is 36.7 Å². The number of hydrogen-bond donors (Lipinski definition) is 3. The Hall–Kier alpha value is -2.19. The van der Waals surface area contributed by atoms with Gasteiger partial charge in [-0.05, 0) is 42.7 Å². The van der Waals surface area contributed by atoms with E-state index in [4.69, 9.17) is 10.5 Å². The number of aromatic nitrogens is 1. The number of anilines is 1. The van der Waals surface area contributed by atoms with Crippen molar-refractivity contribution in [2.75, 3.05) is 18.5 Å². The van der Waals surface area contributed by atoms with Crippen LogP contribution in [0.3, 0.4) is 0 Å². The molecule has 2 amide bonds. The van der Waals surface area contributed by atoms with Crippen LogP contribution in [0.15, 0.2) is 48.8 Å². The van der Waals surface area contributed by atoms with E-state index in [1.807, 2.05) is 12.1 Å². The second-order valence-electron chi connectivity index (χ2n) is 6.34. The van der Waals surface area contributed by atoms with Crippen molar-refractivity contribution in [3.8, 4) is 0 Å². The van der Waals surface area contributed by atoms with Gasteiger partial charge >= 0.3 is 0 Å². The smallest absolute Gasteiger partial charge is 0.255 e. The van der Waals surface area contributed by atoms with E-state index in [0.29, 0.717) is 43.9 Å². The molecule has 1 aliphatic rings. The van der Waals surface area contributed by atoms with Gasteiger partial charge in [0, 0.05) is 43.4 Å². The molecule has 2 heterocycles. The van der Waals surface area contributed by atoms with E-state index < -0.39 is 5.54 Å². The zero-order valence-corrected chi connectivity index (χ0v) is 16.9. The standard InChI is InChI=1S/C19H22N4O3.2ClH/c20-19(7-11-26-12-8-19)18(25)22-13-14-1-3-16(4-2-14)23-17(24)15-5-9-21-10-6-15;;/h1-6,9-10H,7-8,11-13,20H2,(H,22,25)(H,23,24);2*1H. The van der Waals surface area contributed by atoms with Crippen molar-refractivity contribution in [1.29, 1.82) is 0 Å². The first-order chi connectivity index (χ1) is 12.6. The Bertz CT molecular complexity index is 767. The minimum Gasteiger partial charge on any atom is -0.381 e. The molecule has 7 nitrogen and oxygen atoms in total. The lowest BCUT2D eigenvalue weighted by Crippen LogP contribution is -2.56. The Kier molecular flexibility index (Phi) is 9.34. The molecule has 1 saturated heterocycles. The molecule has 1 aromatic heterocycles. The summed E-state index contributed by atoms with van der Waals surface area (Å²) in [5, 5.41) is 5.70. The molecule has 2 aromatic rings. The first-order valence-electron chi connectivity index (χ1n) is 8.52. The van der Waals surface area contributed by atoms with Gasteiger partial charge in [-0.2, -0.15) is 0 Å². The zero-order chi connectivity index (χ0) is 18.4. The highest BCUT2D eigenvalue weighted by molar-refractivity contribution is 6.04. The summed E-state index contributed by atoms with van der Waals surface area (Å²) < 4.78 is 5.26. The summed E-state index contributed by atoms with van der Waals surface area (Å²) in [6, 6.07) is 10.6. The minimum absolute atomic E-state index is 0. The summed E-state index contributed by atoms with van der Waals surface area (Å²) in [4.78, 5) is 28.3. The van der Waals surface area contributed by atoms with Crippen molar-refractivity contribution in [3.63, 3.8) is 0 Å². The van der Waals surface area contributed by atoms with Crippen LogP contribution in [0.25, 0.3) is 0 Å². The van der Waals surface area contributed by atoms with E-state index >= 15 is 0 Å². The molecule has 4 N–H and O–H groups in total. The molecular formula is C19H24Cl2N4O3. The molecule has 0 spiro atoms. The van der Waals surface area contributed by atoms with Gasteiger partial charge in [0.25, 0.3) is 5.91 Å². The maximum atomic E-state index is 12.3. The monoisotopic (exact) mass is 426 g/mol. The van der Waals surface area contributed by atoms with Crippen LogP contribution in [0.4, 0.5) is 5.69 Å². The molecule has 1 fully saturated rings. The Labute approximate surface area is 176 Å². The van der Waals surface area contributed by atoms with Crippen molar-refractivity contribution in [2.24, 2.45) is 5.73 Å². The van der Waals surface area contributed by atoms with Crippen molar-refractivity contribution in [2.45, 2.75) is 24.9 Å². The van der Waals surface area contributed by atoms with Crippen LogP contribution in [0, 0.1) is 0 Å². The third-order valence-corrected chi connectivity index (χ3v) is 4.44. The lowest BCUT2D eigenvalue weighted by Gasteiger charge is -2.31. The highest BCUT2D eigenvalue weighted by Gasteiger charge is 2.35. The third-order valence-electron chi connectivity index (χ3n) is 4.44. The van der Waals surface area contributed by atoms with Gasteiger partial charge in [0.1, 0.15) is 0 Å². The molecular weight excluding hydrogens is 403 g/mol. The molecule has 152 valence electrons. The Morgan fingerprint density at radius 3 is 2.25 bits per heavy atom. The van der Waals surface area contributed by atoms with Crippen LogP contribution >= 0.6 is 24.8 Å². The maximum Gasteiger partial charge on any atom is 0.255 e. The molecule has 0 unspecified atom stereocenters. The number of carbonyl (C=O) groups is 2. The molecule has 1 aromatic carbocycles. The predicted octanol–water partition coefficient (Wildman–Crippen LogP) is 2.30. The Morgan fingerprint density at radius 1 is 1.04 bits per heavy atom. The maximum absolute atomic E-state index is 12.3. The third kappa shape index (κ3) is 6.17. The number of amides is 2. The number of hydrogen-bond acceptors (Lipinski definition) is 5. The molecule has 0 bridgehead atoms. The van der Waals surface area contributed by atoms with Crippen molar-refractivity contribution >= 4 is 42.3 Å². The first kappa shape index (κ1) is 23.8. The van der Waals surface area contributed by atoms with Gasteiger partial charge in [-0.15, -0.1) is 24.8 Å². The number of ether oxygens (including phenoxy) is 1. The van der Waals surface area contributed by atoms with Crippen LogP contribution in [0.2, 0.25) is 0 Å². The van der Waals surface area contributed by atoms with Crippen molar-refractivity contribution < 1.29 is 14.3 Å². The van der Waals surface area contributed by atoms with Crippen LogP contribution in [0.5, 0.6) is 0 Å². The van der Waals surface area contributed by atoms with Crippen LogP contribution in [-0.2, 0) is 16.1 Å². The average Bonchev–Trinajstić information content (AvgIpc) is 2.68. The van der Waals surface area contributed by atoms with E-state index in [-0.39, 0.29) is 36.6 Å². The summed E-state index contributed by atoms with van der Waals surface area (Å²) in [5.74, 6) is -0.353. The molecule has 1 aliphatic heterocycles. The number of benzene rings is 1. The first-order valence-corrected chi connectivity index (χ1v) is 8.52. The van der Waals surface area contributed by atoms with Gasteiger partial charge in [-0.1, -0.05) is 12.1 Å². The summed E-state index contributed by atoms with van der Waals surface area (Å²) in [6.07, 6.45) is 4.20. The highest BCUT2D eigenvalue weighted by Crippen LogP contribution is 2.18. The Morgan fingerprint density at radius 2 is 1.64 bits per heavy atom. The van der Waals surface area contributed by atoms with Crippen molar-refractivity contribution in [3.05, 3.63) is 59.9 Å². The van der Waals surface area contributed by atoms with Crippen molar-refractivity contribution in [1.82, 2.24) is 10.3 Å². The fourth-order valence-corrected chi connectivity index (χ4v) is 2.73. The van der Waals surface area contributed by atoms with Gasteiger partial charge < -0.3 is 21.1 Å². The number of halogens is 2. The number of nitrogens with one attached hydrogen (secondary N) is 2. The fraction of sp³-hybridized carbons (Fsp3) is 0.316. The number of nitrogens with two attached hydrogens (primary N) is 1. The molecule has 0 atom stereocenters. The molecule has 0 radical (unpaired) electrons. The minimum atomic E-state index is -0.850. The summed E-state index contributed by atoms with van der Waals surface area (Å²) >= 11 is 0. The molecule has 28 heavy (non-hydrogen) atoms. The molecule has 3 rings (SSSR count). The van der Waals surface area contributed by atoms with Crippen LogP contribution in [0.1, 0.15) is 28.8 Å². The zero-order valence-electron chi connectivity index (χ0n) is 15.2. The van der Waals surface area contributed by atoms with Gasteiger partial charge in [0.05, 0.1) is 5.54 Å². The highest BCUT2D eigenvalue weighted by atomic mass is 35.5. The summed E-state index contributed by atoms with van der Waals surface area (Å²) in [5.41, 5.74) is 7.46. The average molecular weight is 427 g/mol. The summed E-state index contributed by atoms with van der Waals surface area (Å²) in [7, 11) is 0. The van der Waals surface area contributed by atoms with E-state index in [0.717, 1.165) is 5.56 Å². The molecule has 0 saturated carbocycles. The van der Waals surface area contributed by atoms with E-state index in [2.05, 4.69) is 15.6 Å². The van der Waals surface area contributed by atoms with Crippen LogP contribution < -0.4 is 16.4 Å². The van der Waals surface area contributed by atoms with Gasteiger partial charge in [0.2, 0.25) is 5.91 Å². The summed E-state index contributed by atoms with van der Waals surface area (Å²) in [6.45, 7) is 1.41. The number of carbonyl (C=O) groups excluding carboxylic acids is 2. The lowest BCUT2D eigenvalue weighted by molar-refractivity contribution is -0.129. The molecule has 0 aliphatic carbocycles. The quantitative estimate of drug-likeness (QED) is 0.679. The topological polar surface area (TPSA) is 106 Å². The number of nitrogens with zero attached hydrogens (tertiary/aromatic N) is 1. The predicted molar refractivity (Wildman–Crippen MR) is 112 cm³/mol. The van der Waals surface area contributed by atoms with Gasteiger partial charge in [-0.25, -0.2) is 0 Å². The SMILES string of the molecule is Cl.Cl.NC1(C(=O)NCc2ccc(NC(=O)c3ccncc3)cc2)CCOCC1. The molecule has 9 heteroatoms. The van der Waals surface area contributed by atoms with Crippen LogP contribution in [-0.4, -0.2) is 35.6 Å². The normalized spacial score (nSPS) is 14.8. The number of pyridine rings is 1. The fourth-order valence-electron chi connectivity index (χ4n) is 2.73. The van der Waals surface area contributed by atoms with E-state index in [1.165, 1.54) is 0 Å². The van der Waals surface area contributed by atoms with E-state index in [9.17, 15) is 9.59 Å². The van der Waals surface area contributed by atoms with Gasteiger partial charge in [0.15, 0.2) is 0 Å². The van der Waals surface area contributed by atoms with Gasteiger partial charge in [-0.3, -0.25) is 14.6 Å². The second kappa shape index (κ2) is 11.0. The Balaban J connectivity index is 0.00000196. The second-order valence-corrected chi connectivity index (χ2v) is 6.34. The largest absolute Gasteiger partial charge is 0.381 e.